The minimum Gasteiger partial charge on any atom is -0.354 e. The highest BCUT2D eigenvalue weighted by atomic mass is 32.1. The Hall–Kier alpha value is -3.00. The van der Waals surface area contributed by atoms with Crippen molar-refractivity contribution in [2.75, 3.05) is 10.6 Å². The topological polar surface area (TPSA) is 99.8 Å². The molecule has 0 aliphatic carbocycles. The number of nitrogens with zero attached hydrogens (tertiary/aromatic N) is 2. The Morgan fingerprint density at radius 1 is 1.27 bits per heavy atom. The van der Waals surface area contributed by atoms with Crippen LogP contribution >= 0.6 is 11.3 Å². The largest absolute Gasteiger partial charge is 0.354 e. The van der Waals surface area contributed by atoms with Gasteiger partial charge in [0.25, 0.3) is 5.56 Å². The number of hydrogen-bond donors (Lipinski definition) is 3. The molecule has 3 aromatic heterocycles. The van der Waals surface area contributed by atoms with E-state index >= 15 is 0 Å². The summed E-state index contributed by atoms with van der Waals surface area (Å²) in [6.07, 6.45) is 3.62. The van der Waals surface area contributed by atoms with Gasteiger partial charge in [-0.2, -0.15) is 0 Å². The van der Waals surface area contributed by atoms with Gasteiger partial charge in [0.15, 0.2) is 0 Å². The monoisotopic (exact) mass is 367 g/mol. The molecule has 0 bridgehead atoms. The molecule has 0 saturated heterocycles. The molecule has 0 aromatic carbocycles. The summed E-state index contributed by atoms with van der Waals surface area (Å²) in [5.41, 5.74) is 5.38. The van der Waals surface area contributed by atoms with Gasteiger partial charge >= 0.3 is 0 Å². The highest BCUT2D eigenvalue weighted by Crippen LogP contribution is 2.33. The van der Waals surface area contributed by atoms with Crippen molar-refractivity contribution in [3.05, 3.63) is 51.6 Å². The van der Waals surface area contributed by atoms with Gasteiger partial charge in [-0.25, -0.2) is 4.98 Å². The minimum atomic E-state index is -0.139. The first-order valence-electron chi connectivity index (χ1n) is 8.23. The maximum atomic E-state index is 12.5. The fourth-order valence-electron chi connectivity index (χ4n) is 3.01. The van der Waals surface area contributed by atoms with Gasteiger partial charge in [-0.15, -0.1) is 11.3 Å². The molecule has 0 saturated carbocycles. The fourth-order valence-corrected chi connectivity index (χ4v) is 3.65. The normalized spacial score (nSPS) is 13.0. The van der Waals surface area contributed by atoms with Gasteiger partial charge in [-0.05, 0) is 18.1 Å². The number of H-pyrrole nitrogens is 1. The number of carbonyl (C=O) groups is 1. The predicted octanol–water partition coefficient (Wildman–Crippen LogP) is 3.26. The Morgan fingerprint density at radius 3 is 2.85 bits per heavy atom. The molecule has 0 atom stereocenters. The first-order chi connectivity index (χ1) is 12.5. The fraction of sp³-hybridized carbons (Fsp3) is 0.222. The third kappa shape index (κ3) is 2.88. The van der Waals surface area contributed by atoms with Crippen LogP contribution < -0.4 is 16.2 Å². The highest BCUT2D eigenvalue weighted by Gasteiger charge is 2.23. The number of nitrogens with one attached hydrogen (secondary N) is 3. The summed E-state index contributed by atoms with van der Waals surface area (Å²) >= 11 is 1.42. The van der Waals surface area contributed by atoms with Gasteiger partial charge < -0.3 is 15.6 Å². The summed E-state index contributed by atoms with van der Waals surface area (Å²) in [5, 5.41) is 6.14. The second-order valence-corrected chi connectivity index (χ2v) is 7.28. The number of hydrogen-bond acceptors (Lipinski definition) is 6. The summed E-state index contributed by atoms with van der Waals surface area (Å²) in [4.78, 5) is 36.3. The van der Waals surface area contributed by atoms with Crippen LogP contribution in [0.2, 0.25) is 0 Å². The van der Waals surface area contributed by atoms with E-state index in [1.807, 2.05) is 26.0 Å². The molecule has 4 rings (SSSR count). The lowest BCUT2D eigenvalue weighted by atomic mass is 10.0. The molecule has 4 heterocycles. The number of rotatable bonds is 4. The van der Waals surface area contributed by atoms with E-state index in [4.69, 9.17) is 0 Å². The third-order valence-corrected chi connectivity index (χ3v) is 5.07. The SMILES string of the molecule is CC(C)c1[nH]c(=O)c(-c2cncs2)cc1Nc1ccnc2c1CC(=O)N2. The zero-order chi connectivity index (χ0) is 18.3. The average molecular weight is 367 g/mol. The maximum absolute atomic E-state index is 12.5. The van der Waals surface area contributed by atoms with Crippen molar-refractivity contribution in [1.29, 1.82) is 0 Å². The predicted molar refractivity (Wildman–Crippen MR) is 102 cm³/mol. The zero-order valence-electron chi connectivity index (χ0n) is 14.3. The maximum Gasteiger partial charge on any atom is 0.257 e. The smallest absolute Gasteiger partial charge is 0.257 e. The third-order valence-electron chi connectivity index (χ3n) is 4.27. The van der Waals surface area contributed by atoms with E-state index in [-0.39, 0.29) is 23.8 Å². The number of pyridine rings is 2. The molecule has 0 fully saturated rings. The zero-order valence-corrected chi connectivity index (χ0v) is 15.1. The lowest BCUT2D eigenvalue weighted by Crippen LogP contribution is -2.14. The van der Waals surface area contributed by atoms with Crippen molar-refractivity contribution in [2.45, 2.75) is 26.2 Å². The molecule has 3 N–H and O–H groups in total. The van der Waals surface area contributed by atoms with Gasteiger partial charge in [0.2, 0.25) is 5.91 Å². The van der Waals surface area contributed by atoms with Gasteiger partial charge in [0.05, 0.1) is 28.1 Å². The summed E-state index contributed by atoms with van der Waals surface area (Å²) in [6.45, 7) is 4.04. The molecule has 26 heavy (non-hydrogen) atoms. The summed E-state index contributed by atoms with van der Waals surface area (Å²) < 4.78 is 0. The highest BCUT2D eigenvalue weighted by molar-refractivity contribution is 7.13. The van der Waals surface area contributed by atoms with Crippen LogP contribution in [0.3, 0.4) is 0 Å². The van der Waals surface area contributed by atoms with Crippen LogP contribution in [0.15, 0.2) is 34.8 Å². The van der Waals surface area contributed by atoms with E-state index in [0.29, 0.717) is 11.4 Å². The Bertz CT molecular complexity index is 1040. The molecule has 0 radical (unpaired) electrons. The molecule has 7 nitrogen and oxygen atoms in total. The Balaban J connectivity index is 1.81. The first kappa shape index (κ1) is 16.5. The van der Waals surface area contributed by atoms with E-state index in [2.05, 4.69) is 25.6 Å². The lowest BCUT2D eigenvalue weighted by Gasteiger charge is -2.17. The van der Waals surface area contributed by atoms with Crippen molar-refractivity contribution in [3.8, 4) is 10.4 Å². The molecule has 0 unspecified atom stereocenters. The van der Waals surface area contributed by atoms with Crippen LogP contribution in [0, 0.1) is 0 Å². The van der Waals surface area contributed by atoms with E-state index in [1.165, 1.54) is 11.3 Å². The summed E-state index contributed by atoms with van der Waals surface area (Å²) in [6, 6.07) is 3.68. The van der Waals surface area contributed by atoms with E-state index < -0.39 is 0 Å². The van der Waals surface area contributed by atoms with E-state index in [1.54, 1.807) is 17.9 Å². The number of thiazole rings is 1. The van der Waals surface area contributed by atoms with Crippen molar-refractivity contribution in [2.24, 2.45) is 0 Å². The van der Waals surface area contributed by atoms with Crippen LogP contribution in [-0.4, -0.2) is 20.9 Å². The molecule has 3 aromatic rings. The second kappa shape index (κ2) is 6.38. The summed E-state index contributed by atoms with van der Waals surface area (Å²) in [7, 11) is 0. The standard InChI is InChI=1S/C18H17N5O2S/c1-9(2)16-13(5-11(18(25)23-16)14-7-19-8-26-14)21-12-3-4-20-17-10(12)6-15(24)22-17/h3-5,7-9H,6H2,1-2H3,(H,23,25)(H2,20,21,22,24). The molecular weight excluding hydrogens is 350 g/mol. The molecule has 1 aliphatic heterocycles. The number of fused-ring (bicyclic) bond motifs is 1. The molecule has 132 valence electrons. The number of amides is 1. The Kier molecular flexibility index (Phi) is 4.04. The van der Waals surface area contributed by atoms with Gasteiger partial charge in [-0.3, -0.25) is 14.6 Å². The van der Waals surface area contributed by atoms with E-state index in [0.717, 1.165) is 27.5 Å². The lowest BCUT2D eigenvalue weighted by molar-refractivity contribution is -0.115. The number of carbonyl (C=O) groups excluding carboxylic acids is 1. The van der Waals surface area contributed by atoms with E-state index in [9.17, 15) is 9.59 Å². The number of aromatic nitrogens is 3. The van der Waals surface area contributed by atoms with Gasteiger partial charge in [-0.1, -0.05) is 13.8 Å². The first-order valence-corrected chi connectivity index (χ1v) is 9.11. The molecule has 8 heteroatoms. The second-order valence-electron chi connectivity index (χ2n) is 6.40. The average Bonchev–Trinajstić information content (AvgIpc) is 3.25. The van der Waals surface area contributed by atoms with Crippen LogP contribution in [0.1, 0.15) is 31.0 Å². The van der Waals surface area contributed by atoms with Crippen molar-refractivity contribution >= 4 is 34.4 Å². The van der Waals surface area contributed by atoms with Gasteiger partial charge in [0.1, 0.15) is 5.82 Å². The number of anilines is 3. The molecule has 0 spiro atoms. The quantitative estimate of drug-likeness (QED) is 0.657. The minimum absolute atomic E-state index is 0.0716. The van der Waals surface area contributed by atoms with Crippen molar-refractivity contribution in [1.82, 2.24) is 15.0 Å². The number of aromatic amines is 1. The molecule has 1 aliphatic rings. The Morgan fingerprint density at radius 2 is 2.12 bits per heavy atom. The van der Waals surface area contributed by atoms with Crippen LogP contribution in [0.25, 0.3) is 10.4 Å². The van der Waals surface area contributed by atoms with Gasteiger partial charge in [0, 0.05) is 29.3 Å². The molecule has 1 amide bonds. The van der Waals surface area contributed by atoms with Crippen LogP contribution in [-0.2, 0) is 11.2 Å². The van der Waals surface area contributed by atoms with Crippen molar-refractivity contribution < 1.29 is 4.79 Å². The van der Waals surface area contributed by atoms with Crippen LogP contribution in [0.5, 0.6) is 0 Å². The molecular formula is C18H17N5O2S. The van der Waals surface area contributed by atoms with Crippen LogP contribution in [0.4, 0.5) is 17.2 Å². The summed E-state index contributed by atoms with van der Waals surface area (Å²) in [5.74, 6) is 0.631. The Labute approximate surface area is 153 Å². The van der Waals surface area contributed by atoms with Crippen molar-refractivity contribution in [3.63, 3.8) is 0 Å².